The van der Waals surface area contributed by atoms with E-state index in [1.54, 1.807) is 32.9 Å². The summed E-state index contributed by atoms with van der Waals surface area (Å²) < 4.78 is 46.9. The number of hydrogen-bond acceptors (Lipinski definition) is 5. The summed E-state index contributed by atoms with van der Waals surface area (Å²) in [5.41, 5.74) is -0.268. The summed E-state index contributed by atoms with van der Waals surface area (Å²) in [7, 11) is 0. The van der Waals surface area contributed by atoms with Crippen LogP contribution in [0, 0.1) is 18.3 Å². The number of halogens is 4. The molecule has 1 saturated heterocycles. The van der Waals surface area contributed by atoms with Crippen LogP contribution in [0.25, 0.3) is 11.1 Å². The minimum atomic E-state index is -4.64. The minimum Gasteiger partial charge on any atom is -0.493 e. The highest BCUT2D eigenvalue weighted by Gasteiger charge is 2.52. The van der Waals surface area contributed by atoms with Crippen molar-refractivity contribution in [1.82, 2.24) is 9.88 Å². The Morgan fingerprint density at radius 2 is 1.77 bits per heavy atom. The molecule has 0 atom stereocenters. The average Bonchev–Trinajstić information content (AvgIpc) is 3.07. The standard InChI is InChI=1S/C28H24ClF3N4O3/c1-17-22(7-5-20(16-33)24(17)29)36-25(37)27(2,3)35(26(36)38)13-4-14-39-23-8-6-19(15-21(23)28(30,31)32)18-9-11-34-12-10-18/h5-12,15H,4,13-14H2,1-3H3. The van der Waals surface area contributed by atoms with Gasteiger partial charge in [0.1, 0.15) is 17.4 Å². The predicted molar refractivity (Wildman–Crippen MR) is 139 cm³/mol. The number of nitriles is 1. The maximum Gasteiger partial charge on any atom is 0.419 e. The van der Waals surface area contributed by atoms with Crippen LogP contribution in [0.2, 0.25) is 5.02 Å². The summed E-state index contributed by atoms with van der Waals surface area (Å²) in [6.45, 7) is 4.74. The molecule has 11 heteroatoms. The Hall–Kier alpha value is -4.10. The lowest BCUT2D eigenvalue weighted by Gasteiger charge is -2.27. The van der Waals surface area contributed by atoms with E-state index < -0.39 is 29.2 Å². The van der Waals surface area contributed by atoms with Gasteiger partial charge in [0.2, 0.25) is 0 Å². The fourth-order valence-corrected chi connectivity index (χ4v) is 4.63. The van der Waals surface area contributed by atoms with Crippen molar-refractivity contribution >= 4 is 29.2 Å². The van der Waals surface area contributed by atoms with Crippen molar-refractivity contribution in [2.24, 2.45) is 0 Å². The van der Waals surface area contributed by atoms with E-state index in [4.69, 9.17) is 16.3 Å². The van der Waals surface area contributed by atoms with Gasteiger partial charge in [0.25, 0.3) is 5.91 Å². The van der Waals surface area contributed by atoms with Crippen molar-refractivity contribution < 1.29 is 27.5 Å². The Bertz CT molecular complexity index is 1470. The van der Waals surface area contributed by atoms with E-state index in [1.165, 1.54) is 41.6 Å². The fraction of sp³-hybridized carbons (Fsp3) is 0.286. The molecule has 2 aromatic carbocycles. The number of amides is 3. The molecule has 1 aromatic heterocycles. The van der Waals surface area contributed by atoms with Gasteiger partial charge in [-0.25, -0.2) is 9.69 Å². The number of rotatable bonds is 7. The molecule has 7 nitrogen and oxygen atoms in total. The number of carbonyl (C=O) groups excluding carboxylic acids is 2. The molecule has 0 saturated carbocycles. The lowest BCUT2D eigenvalue weighted by atomic mass is 10.0. The molecule has 1 fully saturated rings. The van der Waals surface area contributed by atoms with Crippen molar-refractivity contribution in [3.05, 3.63) is 76.6 Å². The first-order valence-electron chi connectivity index (χ1n) is 12.0. The third-order valence-electron chi connectivity index (χ3n) is 6.62. The zero-order valence-corrected chi connectivity index (χ0v) is 22.1. The summed E-state index contributed by atoms with van der Waals surface area (Å²) in [4.78, 5) is 32.8. The number of imide groups is 1. The second-order valence-electron chi connectivity index (χ2n) is 9.46. The maximum absolute atomic E-state index is 13.8. The zero-order chi connectivity index (χ0) is 28.5. The Morgan fingerprint density at radius 1 is 1.08 bits per heavy atom. The molecule has 2 heterocycles. The van der Waals surface area contributed by atoms with Crippen LogP contribution in [0.4, 0.5) is 23.7 Å². The van der Waals surface area contributed by atoms with Crippen LogP contribution in [0.5, 0.6) is 5.75 Å². The molecule has 3 aromatic rings. The number of hydrogen-bond donors (Lipinski definition) is 0. The SMILES string of the molecule is Cc1c(N2C(=O)N(CCCOc3ccc(-c4ccncc4)cc3C(F)(F)F)C(C)(C)C2=O)ccc(C#N)c1Cl. The molecular formula is C28H24ClF3N4O3. The minimum absolute atomic E-state index is 0.0631. The monoisotopic (exact) mass is 556 g/mol. The lowest BCUT2D eigenvalue weighted by molar-refractivity contribution is -0.139. The molecular weight excluding hydrogens is 533 g/mol. The van der Waals surface area contributed by atoms with Crippen molar-refractivity contribution in [2.45, 2.75) is 38.9 Å². The van der Waals surface area contributed by atoms with E-state index in [-0.39, 0.29) is 41.6 Å². The average molecular weight is 557 g/mol. The predicted octanol–water partition coefficient (Wildman–Crippen LogP) is 6.62. The number of urea groups is 1. The largest absolute Gasteiger partial charge is 0.493 e. The van der Waals surface area contributed by atoms with E-state index in [2.05, 4.69) is 4.98 Å². The Balaban J connectivity index is 1.48. The number of pyridine rings is 1. The van der Waals surface area contributed by atoms with Gasteiger partial charge >= 0.3 is 12.2 Å². The maximum atomic E-state index is 13.8. The van der Waals surface area contributed by atoms with Crippen molar-refractivity contribution in [3.63, 3.8) is 0 Å². The van der Waals surface area contributed by atoms with E-state index >= 15 is 0 Å². The number of carbonyl (C=O) groups is 2. The number of benzene rings is 2. The molecule has 1 aliphatic rings. The van der Waals surface area contributed by atoms with E-state index in [1.807, 2.05) is 6.07 Å². The first-order valence-corrected chi connectivity index (χ1v) is 12.4. The quantitative estimate of drug-likeness (QED) is 0.241. The highest BCUT2D eigenvalue weighted by molar-refractivity contribution is 6.33. The number of alkyl halides is 3. The molecule has 0 unspecified atom stereocenters. The second kappa shape index (κ2) is 10.6. The summed E-state index contributed by atoms with van der Waals surface area (Å²) in [5, 5.41) is 9.34. The Morgan fingerprint density at radius 3 is 2.41 bits per heavy atom. The fourth-order valence-electron chi connectivity index (χ4n) is 4.43. The van der Waals surface area contributed by atoms with Crippen molar-refractivity contribution in [3.8, 4) is 22.9 Å². The van der Waals surface area contributed by atoms with Crippen LogP contribution < -0.4 is 9.64 Å². The molecule has 0 spiro atoms. The molecule has 39 heavy (non-hydrogen) atoms. The first kappa shape index (κ1) is 27.9. The summed E-state index contributed by atoms with van der Waals surface area (Å²) >= 11 is 6.25. The van der Waals surface area contributed by atoms with Gasteiger partial charge in [-0.2, -0.15) is 18.4 Å². The number of nitrogens with zero attached hydrogens (tertiary/aromatic N) is 4. The topological polar surface area (TPSA) is 86.5 Å². The molecule has 3 amide bonds. The van der Waals surface area contributed by atoms with Gasteiger partial charge < -0.3 is 9.64 Å². The number of ether oxygens (including phenoxy) is 1. The molecule has 202 valence electrons. The second-order valence-corrected chi connectivity index (χ2v) is 9.84. The van der Waals surface area contributed by atoms with Crippen LogP contribution in [0.15, 0.2) is 54.9 Å². The van der Waals surface area contributed by atoms with Crippen LogP contribution >= 0.6 is 11.6 Å². The first-order chi connectivity index (χ1) is 18.4. The Labute approximate surface area is 228 Å². The summed E-state index contributed by atoms with van der Waals surface area (Å²) in [6, 6.07) is 11.4. The highest BCUT2D eigenvalue weighted by atomic mass is 35.5. The van der Waals surface area contributed by atoms with Crippen LogP contribution in [-0.2, 0) is 11.0 Å². The van der Waals surface area contributed by atoms with Gasteiger partial charge in [-0.1, -0.05) is 17.7 Å². The molecule has 0 N–H and O–H groups in total. The van der Waals surface area contributed by atoms with Gasteiger partial charge in [-0.3, -0.25) is 9.78 Å². The van der Waals surface area contributed by atoms with Crippen LogP contribution in [-0.4, -0.2) is 40.5 Å². The van der Waals surface area contributed by atoms with Crippen molar-refractivity contribution in [2.75, 3.05) is 18.1 Å². The molecule has 0 bridgehead atoms. The Kier molecular flexibility index (Phi) is 7.57. The summed E-state index contributed by atoms with van der Waals surface area (Å²) in [5.74, 6) is -0.809. The molecule has 0 radical (unpaired) electrons. The van der Waals surface area contributed by atoms with Gasteiger partial charge in [0, 0.05) is 18.9 Å². The van der Waals surface area contributed by atoms with E-state index in [0.29, 0.717) is 16.7 Å². The third-order valence-corrected chi connectivity index (χ3v) is 7.11. The van der Waals surface area contributed by atoms with Gasteiger partial charge in [0.05, 0.1) is 28.4 Å². The smallest absolute Gasteiger partial charge is 0.419 e. The van der Waals surface area contributed by atoms with Crippen LogP contribution in [0.3, 0.4) is 0 Å². The number of anilines is 1. The molecule has 4 rings (SSSR count). The highest BCUT2D eigenvalue weighted by Crippen LogP contribution is 2.39. The zero-order valence-electron chi connectivity index (χ0n) is 21.3. The van der Waals surface area contributed by atoms with Crippen molar-refractivity contribution in [1.29, 1.82) is 5.26 Å². The van der Waals surface area contributed by atoms with Gasteiger partial charge in [0.15, 0.2) is 0 Å². The number of aromatic nitrogens is 1. The molecule has 1 aliphatic heterocycles. The third kappa shape index (κ3) is 5.27. The van der Waals surface area contributed by atoms with E-state index in [0.717, 1.165) is 11.0 Å². The summed E-state index contributed by atoms with van der Waals surface area (Å²) in [6.07, 6.45) is -1.47. The van der Waals surface area contributed by atoms with Gasteiger partial charge in [-0.05, 0) is 80.3 Å². The lowest BCUT2D eigenvalue weighted by Crippen LogP contribution is -2.44. The normalized spacial score (nSPS) is 15.0. The van der Waals surface area contributed by atoms with Crippen LogP contribution in [0.1, 0.15) is 37.0 Å². The molecule has 0 aliphatic carbocycles. The van der Waals surface area contributed by atoms with E-state index in [9.17, 15) is 28.0 Å². The van der Waals surface area contributed by atoms with Gasteiger partial charge in [-0.15, -0.1) is 0 Å².